The van der Waals surface area contributed by atoms with E-state index in [1.54, 1.807) is 18.2 Å². The van der Waals surface area contributed by atoms with Gasteiger partial charge in [-0.3, -0.25) is 4.79 Å². The minimum atomic E-state index is -0.375. The van der Waals surface area contributed by atoms with Crippen molar-refractivity contribution in [2.75, 3.05) is 11.9 Å². The summed E-state index contributed by atoms with van der Waals surface area (Å²) in [5.74, 6) is 0.475. The molecule has 5 nitrogen and oxygen atoms in total. The third kappa shape index (κ3) is 4.96. The Balaban J connectivity index is 1.85. The first-order chi connectivity index (χ1) is 13.6. The van der Waals surface area contributed by atoms with Gasteiger partial charge >= 0.3 is 0 Å². The number of carbonyl (C=O) groups excluding carboxylic acids is 1. The largest absolute Gasteiger partial charge is 0.508 e. The van der Waals surface area contributed by atoms with E-state index in [1.807, 2.05) is 37.3 Å². The molecule has 28 heavy (non-hydrogen) atoms. The summed E-state index contributed by atoms with van der Waals surface area (Å²) in [6, 6.07) is 19.1. The van der Waals surface area contributed by atoms with Crippen molar-refractivity contribution in [1.29, 1.82) is 0 Å². The van der Waals surface area contributed by atoms with E-state index in [4.69, 9.17) is 21.1 Å². The SMILES string of the molecule is CCOc1c(Cl)cc(C(=O)Nc2cccc(O)c2)cc1OCc1ccccc1. The summed E-state index contributed by atoms with van der Waals surface area (Å²) < 4.78 is 11.5. The Kier molecular flexibility index (Phi) is 6.40. The Labute approximate surface area is 168 Å². The molecule has 0 radical (unpaired) electrons. The summed E-state index contributed by atoms with van der Waals surface area (Å²) in [7, 11) is 0. The van der Waals surface area contributed by atoms with Gasteiger partial charge in [-0.15, -0.1) is 0 Å². The molecule has 0 heterocycles. The maximum absolute atomic E-state index is 12.6. The number of aromatic hydroxyl groups is 1. The number of anilines is 1. The normalized spacial score (nSPS) is 10.4. The number of phenols is 1. The number of phenolic OH excluding ortho intramolecular Hbond substituents is 1. The zero-order chi connectivity index (χ0) is 19.9. The van der Waals surface area contributed by atoms with Crippen molar-refractivity contribution < 1.29 is 19.4 Å². The maximum Gasteiger partial charge on any atom is 0.255 e. The highest BCUT2D eigenvalue weighted by Gasteiger charge is 2.17. The smallest absolute Gasteiger partial charge is 0.255 e. The average Bonchev–Trinajstić information content (AvgIpc) is 2.69. The number of hydrogen-bond donors (Lipinski definition) is 2. The van der Waals surface area contributed by atoms with E-state index in [9.17, 15) is 9.90 Å². The molecule has 3 aromatic carbocycles. The van der Waals surface area contributed by atoms with E-state index >= 15 is 0 Å². The van der Waals surface area contributed by atoms with Gasteiger partial charge < -0.3 is 19.9 Å². The molecular weight excluding hydrogens is 378 g/mol. The summed E-state index contributed by atoms with van der Waals surface area (Å²) in [6.45, 7) is 2.57. The quantitative estimate of drug-likeness (QED) is 0.569. The lowest BCUT2D eigenvalue weighted by Crippen LogP contribution is -2.12. The van der Waals surface area contributed by atoms with Crippen LogP contribution in [-0.4, -0.2) is 17.6 Å². The molecule has 0 unspecified atom stereocenters. The van der Waals surface area contributed by atoms with Crippen LogP contribution < -0.4 is 14.8 Å². The second-order valence-electron chi connectivity index (χ2n) is 6.00. The summed E-state index contributed by atoms with van der Waals surface area (Å²) >= 11 is 6.34. The molecule has 0 aliphatic rings. The maximum atomic E-state index is 12.6. The highest BCUT2D eigenvalue weighted by atomic mass is 35.5. The third-order valence-electron chi connectivity index (χ3n) is 3.90. The number of carbonyl (C=O) groups is 1. The van der Waals surface area contributed by atoms with Crippen LogP contribution >= 0.6 is 11.6 Å². The molecule has 0 aliphatic heterocycles. The van der Waals surface area contributed by atoms with E-state index in [2.05, 4.69) is 5.32 Å². The Morgan fingerprint density at radius 1 is 1.04 bits per heavy atom. The van der Waals surface area contributed by atoms with E-state index in [-0.39, 0.29) is 16.7 Å². The van der Waals surface area contributed by atoms with Gasteiger partial charge in [-0.1, -0.05) is 48.0 Å². The number of amides is 1. The number of hydrogen-bond acceptors (Lipinski definition) is 4. The molecule has 3 rings (SSSR count). The number of ether oxygens (including phenoxy) is 2. The lowest BCUT2D eigenvalue weighted by molar-refractivity contribution is 0.102. The molecule has 0 aromatic heterocycles. The number of rotatable bonds is 7. The average molecular weight is 398 g/mol. The van der Waals surface area contributed by atoms with Gasteiger partial charge in [-0.05, 0) is 36.8 Å². The molecule has 0 spiro atoms. The molecule has 6 heteroatoms. The highest BCUT2D eigenvalue weighted by molar-refractivity contribution is 6.32. The molecule has 2 N–H and O–H groups in total. The fourth-order valence-electron chi connectivity index (χ4n) is 2.61. The van der Waals surface area contributed by atoms with Crippen LogP contribution in [0.5, 0.6) is 17.2 Å². The van der Waals surface area contributed by atoms with Crippen molar-refractivity contribution >= 4 is 23.2 Å². The fourth-order valence-corrected chi connectivity index (χ4v) is 2.88. The Hall–Kier alpha value is -3.18. The fraction of sp³-hybridized carbons (Fsp3) is 0.136. The second kappa shape index (κ2) is 9.15. The van der Waals surface area contributed by atoms with Gasteiger partial charge in [-0.2, -0.15) is 0 Å². The van der Waals surface area contributed by atoms with Crippen molar-refractivity contribution in [3.8, 4) is 17.2 Å². The zero-order valence-corrected chi connectivity index (χ0v) is 16.1. The molecule has 0 fully saturated rings. The van der Waals surface area contributed by atoms with E-state index in [0.717, 1.165) is 5.56 Å². The number of halogens is 1. The lowest BCUT2D eigenvalue weighted by Gasteiger charge is -2.15. The third-order valence-corrected chi connectivity index (χ3v) is 4.18. The molecule has 0 saturated carbocycles. The number of nitrogens with one attached hydrogen (secondary N) is 1. The predicted octanol–water partition coefficient (Wildman–Crippen LogP) is 5.28. The van der Waals surface area contributed by atoms with Crippen molar-refractivity contribution in [2.45, 2.75) is 13.5 Å². The Bertz CT molecular complexity index is 960. The van der Waals surface area contributed by atoms with Crippen LogP contribution in [0.4, 0.5) is 5.69 Å². The summed E-state index contributed by atoms with van der Waals surface area (Å²) in [4.78, 5) is 12.6. The molecular formula is C22H20ClNO4. The van der Waals surface area contributed by atoms with Crippen molar-refractivity contribution in [1.82, 2.24) is 0 Å². The monoisotopic (exact) mass is 397 g/mol. The van der Waals surface area contributed by atoms with E-state index < -0.39 is 0 Å². The summed E-state index contributed by atoms with van der Waals surface area (Å²) in [5, 5.41) is 12.6. The minimum absolute atomic E-state index is 0.0643. The molecule has 0 aliphatic carbocycles. The second-order valence-corrected chi connectivity index (χ2v) is 6.40. The van der Waals surface area contributed by atoms with Crippen molar-refractivity contribution in [3.63, 3.8) is 0 Å². The molecule has 0 atom stereocenters. The van der Waals surface area contributed by atoms with Crippen LogP contribution in [-0.2, 0) is 6.61 Å². The topological polar surface area (TPSA) is 67.8 Å². The summed E-state index contributed by atoms with van der Waals surface area (Å²) in [5.41, 5.74) is 1.78. The van der Waals surface area contributed by atoms with Gasteiger partial charge in [0.15, 0.2) is 11.5 Å². The minimum Gasteiger partial charge on any atom is -0.508 e. The molecule has 144 valence electrons. The number of benzene rings is 3. The molecule has 1 amide bonds. The first-order valence-corrected chi connectivity index (χ1v) is 9.18. The van der Waals surface area contributed by atoms with Crippen LogP contribution in [0, 0.1) is 0 Å². The van der Waals surface area contributed by atoms with Gasteiger partial charge in [0.1, 0.15) is 12.4 Å². The zero-order valence-electron chi connectivity index (χ0n) is 15.3. The Morgan fingerprint density at radius 3 is 2.54 bits per heavy atom. The van der Waals surface area contributed by atoms with Gasteiger partial charge in [0, 0.05) is 17.3 Å². The highest BCUT2D eigenvalue weighted by Crippen LogP contribution is 2.37. The first-order valence-electron chi connectivity index (χ1n) is 8.80. The van der Waals surface area contributed by atoms with Gasteiger partial charge in [0.05, 0.1) is 11.6 Å². The van der Waals surface area contributed by atoms with E-state index in [1.165, 1.54) is 18.2 Å². The van der Waals surface area contributed by atoms with Crippen LogP contribution in [0.15, 0.2) is 66.7 Å². The molecule has 0 bridgehead atoms. The predicted molar refractivity (Wildman–Crippen MR) is 109 cm³/mol. The van der Waals surface area contributed by atoms with Crippen LogP contribution in [0.3, 0.4) is 0 Å². The lowest BCUT2D eigenvalue weighted by atomic mass is 10.1. The van der Waals surface area contributed by atoms with Crippen LogP contribution in [0.1, 0.15) is 22.8 Å². The van der Waals surface area contributed by atoms with Crippen LogP contribution in [0.25, 0.3) is 0 Å². The Morgan fingerprint density at radius 2 is 1.82 bits per heavy atom. The van der Waals surface area contributed by atoms with Gasteiger partial charge in [0.25, 0.3) is 5.91 Å². The van der Waals surface area contributed by atoms with Gasteiger partial charge in [0.2, 0.25) is 0 Å². The van der Waals surface area contributed by atoms with Crippen molar-refractivity contribution in [2.24, 2.45) is 0 Å². The van der Waals surface area contributed by atoms with Crippen molar-refractivity contribution in [3.05, 3.63) is 82.9 Å². The van der Waals surface area contributed by atoms with Gasteiger partial charge in [-0.25, -0.2) is 0 Å². The molecule has 0 saturated heterocycles. The molecule has 3 aromatic rings. The van der Waals surface area contributed by atoms with E-state index in [0.29, 0.717) is 36.0 Å². The first kappa shape index (κ1) is 19.6. The standard InChI is InChI=1S/C22H20ClNO4/c1-2-27-21-19(23)11-16(22(26)24-17-9-6-10-18(25)13-17)12-20(21)28-14-15-7-4-3-5-8-15/h3-13,25H,2,14H2,1H3,(H,24,26). The summed E-state index contributed by atoms with van der Waals surface area (Å²) in [6.07, 6.45) is 0. The van der Waals surface area contributed by atoms with Crippen LogP contribution in [0.2, 0.25) is 5.02 Å².